The lowest BCUT2D eigenvalue weighted by Crippen LogP contribution is -2.44. The highest BCUT2D eigenvalue weighted by atomic mass is 31.3. The highest BCUT2D eigenvalue weighted by molar-refractivity contribution is 7.73. The zero-order chi connectivity index (χ0) is 45.1. The SMILES string of the molecule is N[C@@H](CCC(=O)N[C@@H](CCC(=O)NCCC(O)(P(=O)(O)O)P(=O)(O)O)COCCNCCC(O)(P(=O)(O)O)P(=O)(O)O)C(=O)NCCC(O)(P(=O)(O)O)P(=O)(O)O. The fourth-order valence-corrected chi connectivity index (χ4v) is 10.8. The summed E-state index contributed by atoms with van der Waals surface area (Å²) in [6, 6.07) is -2.57. The molecule has 0 saturated heterocycles. The molecular weight excluding hydrogens is 908 g/mol. The molecule has 0 radical (unpaired) electrons. The summed E-state index contributed by atoms with van der Waals surface area (Å²) >= 11 is 0. The molecule has 0 saturated carbocycles. The Balaban J connectivity index is 5.44. The highest BCUT2D eigenvalue weighted by Gasteiger charge is 2.60. The Hall–Kier alpha value is -0.930. The fraction of sp³-hybridized carbons (Fsp3) is 0.857. The maximum Gasteiger partial charge on any atom is 0.369 e. The van der Waals surface area contributed by atoms with Crippen LogP contribution in [0.5, 0.6) is 0 Å². The highest BCUT2D eigenvalue weighted by Crippen LogP contribution is 2.70. The lowest BCUT2D eigenvalue weighted by molar-refractivity contribution is -0.125. The van der Waals surface area contributed by atoms with Crippen molar-refractivity contribution < 1.29 is 121 Å². The van der Waals surface area contributed by atoms with Gasteiger partial charge in [0.05, 0.1) is 25.3 Å². The van der Waals surface area contributed by atoms with Gasteiger partial charge < -0.3 is 106 Å². The molecule has 0 aromatic rings. The van der Waals surface area contributed by atoms with Crippen molar-refractivity contribution >= 4 is 63.3 Å². The minimum Gasteiger partial charge on any atom is -0.378 e. The maximum atomic E-state index is 12.7. The molecule has 0 bridgehead atoms. The largest absolute Gasteiger partial charge is 0.378 e. The van der Waals surface area contributed by atoms with E-state index in [-0.39, 0.29) is 19.6 Å². The number of carbonyl (C=O) groups is 3. The zero-order valence-electron chi connectivity index (χ0n) is 29.4. The second-order valence-electron chi connectivity index (χ2n) is 12.3. The molecule has 0 rings (SSSR count). The molecule has 0 unspecified atom stereocenters. The Morgan fingerprint density at radius 1 is 0.544 bits per heavy atom. The zero-order valence-corrected chi connectivity index (χ0v) is 34.8. The van der Waals surface area contributed by atoms with E-state index in [0.717, 1.165) is 0 Å². The van der Waals surface area contributed by atoms with Crippen LogP contribution in [0.1, 0.15) is 44.9 Å². The van der Waals surface area contributed by atoms with Crippen molar-refractivity contribution in [3.8, 4) is 0 Å². The maximum absolute atomic E-state index is 12.7. The average Bonchev–Trinajstić information content (AvgIpc) is 3.01. The monoisotopic (exact) mass is 957 g/mol. The number of aliphatic hydroxyl groups is 3. The molecule has 0 aliphatic heterocycles. The molecule has 0 aromatic carbocycles. The van der Waals surface area contributed by atoms with Gasteiger partial charge in [-0.25, -0.2) is 0 Å². The molecule has 0 heterocycles. The molecule has 0 aliphatic carbocycles. The predicted molar refractivity (Wildman–Crippen MR) is 189 cm³/mol. The second kappa shape index (κ2) is 21.7. The lowest BCUT2D eigenvalue weighted by atomic mass is 10.1. The van der Waals surface area contributed by atoms with Crippen LogP contribution in [-0.4, -0.2) is 158 Å². The summed E-state index contributed by atoms with van der Waals surface area (Å²) in [4.78, 5) is 148. The summed E-state index contributed by atoms with van der Waals surface area (Å²) in [5, 5.41) is 27.4. The van der Waals surface area contributed by atoms with Crippen LogP contribution >= 0.6 is 45.6 Å². The van der Waals surface area contributed by atoms with Crippen LogP contribution in [0.15, 0.2) is 0 Å². The molecule has 36 heteroatoms. The van der Waals surface area contributed by atoms with Crippen LogP contribution in [0.3, 0.4) is 0 Å². The number of hydrogen-bond donors (Lipinski definition) is 20. The molecule has 30 nitrogen and oxygen atoms in total. The number of nitrogens with one attached hydrogen (secondary N) is 4. The third-order valence-electron chi connectivity index (χ3n) is 7.82. The van der Waals surface area contributed by atoms with Gasteiger partial charge in [0.15, 0.2) is 0 Å². The van der Waals surface area contributed by atoms with Crippen molar-refractivity contribution in [1.82, 2.24) is 21.3 Å². The van der Waals surface area contributed by atoms with Gasteiger partial charge in [0.2, 0.25) is 17.7 Å². The van der Waals surface area contributed by atoms with E-state index in [4.69, 9.17) is 30.0 Å². The Labute approximate surface area is 322 Å². The fourth-order valence-electron chi connectivity index (χ4n) is 4.30. The first-order chi connectivity index (χ1) is 25.4. The van der Waals surface area contributed by atoms with Gasteiger partial charge in [-0.3, -0.25) is 41.8 Å². The van der Waals surface area contributed by atoms with E-state index in [2.05, 4.69) is 16.0 Å². The Bertz CT molecular complexity index is 1600. The van der Waals surface area contributed by atoms with Crippen LogP contribution in [0.25, 0.3) is 0 Å². The third-order valence-corrected chi connectivity index (χ3v) is 19.5. The molecule has 0 aromatic heterocycles. The van der Waals surface area contributed by atoms with Crippen molar-refractivity contribution in [2.75, 3.05) is 39.4 Å². The number of carbonyl (C=O) groups excluding carboxylic acids is 3. The van der Waals surface area contributed by atoms with Gasteiger partial charge in [-0.05, 0) is 19.4 Å². The molecule has 57 heavy (non-hydrogen) atoms. The van der Waals surface area contributed by atoms with Crippen LogP contribution < -0.4 is 27.0 Å². The summed E-state index contributed by atoms with van der Waals surface area (Å²) < 4.78 is 74.2. The van der Waals surface area contributed by atoms with E-state index in [1.54, 1.807) is 0 Å². The predicted octanol–water partition coefficient (Wildman–Crippen LogP) is -5.63. The summed E-state index contributed by atoms with van der Waals surface area (Å²) in [7, 11) is -34.7. The van der Waals surface area contributed by atoms with Crippen molar-refractivity contribution in [3.05, 3.63) is 0 Å². The molecule has 3 amide bonds. The first kappa shape index (κ1) is 56.1. The molecule has 0 aliphatic rings. The standard InChI is InChI=1S/C21H49N5O25P6/c22-15(18(29)25-10-7-21(32,56(45,46)47)57(48,49)50)2-4-17(28)26-14(1-3-16(27)24-9-6-20(31,54(39,40)41)55(42,43)44)13-51-12-11-23-8-5-19(30,52(33,34)35)53(36,37)38/h14-15,23,30-32H,1-13,22H2,(H,24,27)(H,25,29)(H,26,28)(H2,33,34,35)(H2,36,37,38)(H2,39,40,41)(H2,42,43,44)(H2,45,46,47)(H2,48,49,50)/t14-,15-/m0/s1. The number of rotatable bonds is 28. The minimum atomic E-state index is -5.82. The Kier molecular flexibility index (Phi) is 21.4. The number of ether oxygens (including phenoxy) is 1. The van der Waals surface area contributed by atoms with Crippen molar-refractivity contribution in [2.45, 2.75) is 72.3 Å². The van der Waals surface area contributed by atoms with Crippen LogP contribution in [0.4, 0.5) is 0 Å². The second-order valence-corrected chi connectivity index (χ2v) is 24.3. The van der Waals surface area contributed by atoms with Gasteiger partial charge >= 0.3 is 45.6 Å². The number of nitrogens with two attached hydrogens (primary N) is 1. The molecule has 338 valence electrons. The summed E-state index contributed by atoms with van der Waals surface area (Å²) in [5.74, 6) is -2.82. The van der Waals surface area contributed by atoms with E-state index in [9.17, 15) is 96.2 Å². The first-order valence-corrected chi connectivity index (χ1v) is 25.4. The summed E-state index contributed by atoms with van der Waals surface area (Å²) in [6.07, 6.45) is -5.41. The normalized spacial score (nSPS) is 15.2. The lowest BCUT2D eigenvalue weighted by Gasteiger charge is -2.29. The van der Waals surface area contributed by atoms with Crippen LogP contribution in [-0.2, 0) is 46.5 Å². The Morgan fingerprint density at radius 3 is 1.32 bits per heavy atom. The molecule has 21 N–H and O–H groups in total. The van der Waals surface area contributed by atoms with Crippen molar-refractivity contribution in [3.63, 3.8) is 0 Å². The first-order valence-electron chi connectivity index (χ1n) is 15.8. The minimum absolute atomic E-state index is 0.175. The van der Waals surface area contributed by atoms with Gasteiger partial charge in [0.25, 0.3) is 15.2 Å². The van der Waals surface area contributed by atoms with Crippen LogP contribution in [0, 0.1) is 0 Å². The van der Waals surface area contributed by atoms with Gasteiger partial charge in [-0.1, -0.05) is 0 Å². The number of amides is 3. The van der Waals surface area contributed by atoms with Crippen LogP contribution in [0.2, 0.25) is 0 Å². The quantitative estimate of drug-likeness (QED) is 0.0257. The van der Waals surface area contributed by atoms with Crippen molar-refractivity contribution in [1.29, 1.82) is 0 Å². The molecular formula is C21H49N5O25P6. The van der Waals surface area contributed by atoms with E-state index in [0.29, 0.717) is 0 Å². The van der Waals surface area contributed by atoms with E-state index >= 15 is 0 Å². The topological polar surface area (TPSA) is 540 Å². The van der Waals surface area contributed by atoms with E-state index in [1.807, 2.05) is 5.32 Å². The molecule has 0 spiro atoms. The van der Waals surface area contributed by atoms with Crippen molar-refractivity contribution in [2.24, 2.45) is 5.73 Å². The Morgan fingerprint density at radius 2 is 0.912 bits per heavy atom. The average molecular weight is 957 g/mol. The van der Waals surface area contributed by atoms with E-state index in [1.165, 1.54) is 0 Å². The van der Waals surface area contributed by atoms with Gasteiger partial charge in [0, 0.05) is 51.7 Å². The smallest absolute Gasteiger partial charge is 0.369 e. The third kappa shape index (κ3) is 16.8. The van der Waals surface area contributed by atoms with E-state index < -0.39 is 155 Å². The van der Waals surface area contributed by atoms with Gasteiger partial charge in [-0.15, -0.1) is 0 Å². The number of hydrogen-bond acceptors (Lipinski definition) is 15. The molecule has 0 fully saturated rings. The van der Waals surface area contributed by atoms with Gasteiger partial charge in [0.1, 0.15) is 0 Å². The molecule has 2 atom stereocenters. The summed E-state index contributed by atoms with van der Waals surface area (Å²) in [5.41, 5.74) is 5.70. The van der Waals surface area contributed by atoms with Gasteiger partial charge in [-0.2, -0.15) is 0 Å². The summed E-state index contributed by atoms with van der Waals surface area (Å²) in [6.45, 7) is -3.12.